The van der Waals surface area contributed by atoms with Gasteiger partial charge in [0.25, 0.3) is 0 Å². The van der Waals surface area contributed by atoms with E-state index in [4.69, 9.17) is 21.7 Å². The first kappa shape index (κ1) is 20.0. The van der Waals surface area contributed by atoms with Gasteiger partial charge in [-0.1, -0.05) is 75.6 Å². The SMILES string of the molecule is Cc1ccc(-c2nn(-c3ccc(C)c(Cl)c3)c3nccc(-c4ccc(Br)cc4)c23)cc1. The van der Waals surface area contributed by atoms with Crippen LogP contribution in [-0.2, 0) is 0 Å². The van der Waals surface area contributed by atoms with E-state index in [-0.39, 0.29) is 0 Å². The minimum absolute atomic E-state index is 0.710. The fourth-order valence-corrected chi connectivity index (χ4v) is 4.16. The van der Waals surface area contributed by atoms with Crippen LogP contribution in [0.4, 0.5) is 0 Å². The van der Waals surface area contributed by atoms with Gasteiger partial charge < -0.3 is 0 Å². The number of aromatic nitrogens is 3. The molecule has 31 heavy (non-hydrogen) atoms. The van der Waals surface area contributed by atoms with E-state index in [1.54, 1.807) is 0 Å². The first-order chi connectivity index (χ1) is 15.0. The summed E-state index contributed by atoms with van der Waals surface area (Å²) in [5.41, 5.74) is 8.10. The normalized spacial score (nSPS) is 11.2. The number of rotatable bonds is 3. The molecule has 152 valence electrons. The van der Waals surface area contributed by atoms with Crippen LogP contribution in [0.2, 0.25) is 5.02 Å². The van der Waals surface area contributed by atoms with Crippen LogP contribution in [-0.4, -0.2) is 14.8 Å². The Bertz CT molecular complexity index is 1400. The van der Waals surface area contributed by atoms with Gasteiger partial charge in [-0.15, -0.1) is 0 Å². The molecule has 0 bridgehead atoms. The van der Waals surface area contributed by atoms with E-state index in [0.717, 1.165) is 49.1 Å². The number of hydrogen-bond acceptors (Lipinski definition) is 2. The van der Waals surface area contributed by atoms with Gasteiger partial charge in [-0.25, -0.2) is 9.67 Å². The molecule has 5 aromatic rings. The Balaban J connectivity index is 1.83. The first-order valence-electron chi connectivity index (χ1n) is 9.98. The Kier molecular flexibility index (Phi) is 5.12. The van der Waals surface area contributed by atoms with Gasteiger partial charge in [0.1, 0.15) is 5.69 Å². The van der Waals surface area contributed by atoms with Crippen molar-refractivity contribution < 1.29 is 0 Å². The zero-order valence-corrected chi connectivity index (χ0v) is 19.4. The highest BCUT2D eigenvalue weighted by Crippen LogP contribution is 2.37. The van der Waals surface area contributed by atoms with Gasteiger partial charge in [0.05, 0.1) is 11.1 Å². The van der Waals surface area contributed by atoms with Crippen molar-refractivity contribution in [3.05, 3.63) is 99.6 Å². The topological polar surface area (TPSA) is 30.7 Å². The quantitative estimate of drug-likeness (QED) is 0.259. The lowest BCUT2D eigenvalue weighted by Crippen LogP contribution is -1.98. The number of pyridine rings is 1. The van der Waals surface area contributed by atoms with Crippen molar-refractivity contribution in [2.24, 2.45) is 0 Å². The van der Waals surface area contributed by atoms with Gasteiger partial charge in [0.15, 0.2) is 5.65 Å². The van der Waals surface area contributed by atoms with E-state index in [2.05, 4.69) is 77.5 Å². The second-order valence-electron chi connectivity index (χ2n) is 7.62. The molecule has 0 radical (unpaired) electrons. The highest BCUT2D eigenvalue weighted by Gasteiger charge is 2.19. The number of hydrogen-bond donors (Lipinski definition) is 0. The number of benzene rings is 3. The third kappa shape index (κ3) is 3.67. The Labute approximate surface area is 194 Å². The Morgan fingerprint density at radius 1 is 0.839 bits per heavy atom. The fraction of sp³-hybridized carbons (Fsp3) is 0.0769. The molecule has 5 heteroatoms. The summed E-state index contributed by atoms with van der Waals surface area (Å²) in [7, 11) is 0. The molecule has 0 N–H and O–H groups in total. The molecule has 0 fully saturated rings. The zero-order chi connectivity index (χ0) is 21.5. The average molecular weight is 489 g/mol. The summed E-state index contributed by atoms with van der Waals surface area (Å²) in [5, 5.41) is 6.75. The number of fused-ring (bicyclic) bond motifs is 1. The summed E-state index contributed by atoms with van der Waals surface area (Å²) in [4.78, 5) is 4.73. The van der Waals surface area contributed by atoms with E-state index in [9.17, 15) is 0 Å². The van der Waals surface area contributed by atoms with Gasteiger partial charge in [-0.05, 0) is 60.9 Å². The van der Waals surface area contributed by atoms with Crippen LogP contribution in [0.5, 0.6) is 0 Å². The minimum atomic E-state index is 0.710. The summed E-state index contributed by atoms with van der Waals surface area (Å²) >= 11 is 9.96. The van der Waals surface area contributed by atoms with Crippen molar-refractivity contribution in [2.75, 3.05) is 0 Å². The van der Waals surface area contributed by atoms with Crippen LogP contribution in [0.1, 0.15) is 11.1 Å². The Morgan fingerprint density at radius 3 is 2.26 bits per heavy atom. The van der Waals surface area contributed by atoms with Crippen molar-refractivity contribution in [3.8, 4) is 28.1 Å². The maximum atomic E-state index is 6.43. The van der Waals surface area contributed by atoms with Crippen LogP contribution in [0.25, 0.3) is 39.1 Å². The van der Waals surface area contributed by atoms with Crippen LogP contribution in [0.15, 0.2) is 83.5 Å². The maximum Gasteiger partial charge on any atom is 0.164 e. The van der Waals surface area contributed by atoms with E-state index < -0.39 is 0 Å². The van der Waals surface area contributed by atoms with Crippen LogP contribution < -0.4 is 0 Å². The van der Waals surface area contributed by atoms with E-state index in [1.807, 2.05) is 36.0 Å². The van der Waals surface area contributed by atoms with E-state index >= 15 is 0 Å². The van der Waals surface area contributed by atoms with Crippen molar-refractivity contribution in [2.45, 2.75) is 13.8 Å². The summed E-state index contributed by atoms with van der Waals surface area (Å²) in [6.45, 7) is 4.08. The molecule has 0 saturated carbocycles. The smallest absolute Gasteiger partial charge is 0.164 e. The molecule has 3 nitrogen and oxygen atoms in total. The monoisotopic (exact) mass is 487 g/mol. The lowest BCUT2D eigenvalue weighted by molar-refractivity contribution is 0.900. The Morgan fingerprint density at radius 2 is 1.55 bits per heavy atom. The number of halogens is 2. The molecule has 0 aliphatic carbocycles. The van der Waals surface area contributed by atoms with Gasteiger partial charge in [0, 0.05) is 21.3 Å². The highest BCUT2D eigenvalue weighted by molar-refractivity contribution is 9.10. The molecule has 0 amide bonds. The van der Waals surface area contributed by atoms with Gasteiger partial charge >= 0.3 is 0 Å². The predicted molar refractivity (Wildman–Crippen MR) is 132 cm³/mol. The molecule has 0 aliphatic rings. The molecule has 0 spiro atoms. The van der Waals surface area contributed by atoms with Crippen LogP contribution in [0, 0.1) is 13.8 Å². The molecule has 5 rings (SSSR count). The predicted octanol–water partition coefficient (Wildman–Crippen LogP) is 7.79. The van der Waals surface area contributed by atoms with E-state index in [1.165, 1.54) is 5.56 Å². The number of nitrogens with zero attached hydrogens (tertiary/aromatic N) is 3. The minimum Gasteiger partial charge on any atom is -0.236 e. The van der Waals surface area contributed by atoms with E-state index in [0.29, 0.717) is 5.02 Å². The van der Waals surface area contributed by atoms with Gasteiger partial charge in [-0.2, -0.15) is 5.10 Å². The maximum absolute atomic E-state index is 6.43. The molecule has 0 saturated heterocycles. The van der Waals surface area contributed by atoms with Crippen molar-refractivity contribution in [1.82, 2.24) is 14.8 Å². The van der Waals surface area contributed by atoms with Crippen molar-refractivity contribution in [1.29, 1.82) is 0 Å². The Hall–Kier alpha value is -2.95. The molecule has 3 aromatic carbocycles. The molecule has 2 heterocycles. The summed E-state index contributed by atoms with van der Waals surface area (Å²) in [6.07, 6.45) is 1.84. The molecular formula is C26H19BrClN3. The largest absolute Gasteiger partial charge is 0.236 e. The zero-order valence-electron chi connectivity index (χ0n) is 17.1. The second-order valence-corrected chi connectivity index (χ2v) is 8.95. The van der Waals surface area contributed by atoms with Crippen LogP contribution in [0.3, 0.4) is 0 Å². The summed E-state index contributed by atoms with van der Waals surface area (Å²) in [6, 6.07) is 24.8. The lowest BCUT2D eigenvalue weighted by atomic mass is 9.99. The fourth-order valence-electron chi connectivity index (χ4n) is 3.72. The average Bonchev–Trinajstić information content (AvgIpc) is 3.17. The standard InChI is InChI=1S/C26H19BrClN3/c1-16-3-6-19(7-4-16)25-24-22(18-8-10-20(27)11-9-18)13-14-29-26(24)31(30-25)21-12-5-17(2)23(28)15-21/h3-15H,1-2H3. The third-order valence-corrected chi connectivity index (χ3v) is 6.38. The van der Waals surface area contributed by atoms with Gasteiger partial charge in [-0.3, -0.25) is 0 Å². The summed E-state index contributed by atoms with van der Waals surface area (Å²) < 4.78 is 2.93. The molecule has 0 aliphatic heterocycles. The molecule has 0 unspecified atom stereocenters. The summed E-state index contributed by atoms with van der Waals surface area (Å²) in [5.74, 6) is 0. The third-order valence-electron chi connectivity index (χ3n) is 5.45. The van der Waals surface area contributed by atoms with Crippen molar-refractivity contribution in [3.63, 3.8) is 0 Å². The molecular weight excluding hydrogens is 470 g/mol. The highest BCUT2D eigenvalue weighted by atomic mass is 79.9. The lowest BCUT2D eigenvalue weighted by Gasteiger charge is -2.07. The number of aryl methyl sites for hydroxylation is 2. The van der Waals surface area contributed by atoms with Gasteiger partial charge in [0.2, 0.25) is 0 Å². The first-order valence-corrected chi connectivity index (χ1v) is 11.2. The molecule has 2 aromatic heterocycles. The van der Waals surface area contributed by atoms with Crippen molar-refractivity contribution >= 4 is 38.6 Å². The second kappa shape index (κ2) is 7.95. The van der Waals surface area contributed by atoms with Crippen LogP contribution >= 0.6 is 27.5 Å². The molecule has 0 atom stereocenters.